The Labute approximate surface area is 347 Å². The predicted octanol–water partition coefficient (Wildman–Crippen LogP) is 3.05. The standard InChI is InChI=1S/C43H55NO16/c1-20-24(56-35(50)29-31(39(7,8)36(51)57-29)44-37(52)60-38(4,5)6)18-43(53)33(58-34(49)23-15-13-12-14-16-23)30-41(11,25(47)17-26-42(30,19-54-26)59-22(3)46)32(48)28(55-21(2)45)27(20)40(43,9)10/h12-16,24-26,28-31,33,47,53H,17-19H2,1-11H3,(H,44,52)/t24-,25-,26+,28+,29?,30-,31-,33-,41+,42-,43+/m0/s1. The minimum absolute atomic E-state index is 0.0115. The molecule has 6 rings (SSSR count). The van der Waals surface area contributed by atoms with E-state index in [-0.39, 0.29) is 29.7 Å². The molecule has 3 N–H and O–H groups in total. The van der Waals surface area contributed by atoms with E-state index >= 15 is 4.79 Å². The van der Waals surface area contributed by atoms with Gasteiger partial charge in [-0.05, 0) is 71.7 Å². The third kappa shape index (κ3) is 7.05. The summed E-state index contributed by atoms with van der Waals surface area (Å²) in [6, 6.07) is 6.50. The van der Waals surface area contributed by atoms with Crippen LogP contribution in [0.3, 0.4) is 0 Å². The van der Waals surface area contributed by atoms with Crippen molar-refractivity contribution in [3.05, 3.63) is 47.0 Å². The number of rotatable bonds is 7. The number of hydrogen-bond donors (Lipinski definition) is 3. The summed E-state index contributed by atoms with van der Waals surface area (Å²) in [5.74, 6) is -7.03. The molecule has 60 heavy (non-hydrogen) atoms. The first-order chi connectivity index (χ1) is 27.6. The molecule has 1 amide bonds. The van der Waals surface area contributed by atoms with Crippen LogP contribution in [0.1, 0.15) is 99.4 Å². The zero-order valence-corrected chi connectivity index (χ0v) is 35.7. The molecular weight excluding hydrogens is 786 g/mol. The Kier molecular flexibility index (Phi) is 11.1. The van der Waals surface area contributed by atoms with Crippen LogP contribution >= 0.6 is 0 Å². The molecule has 328 valence electrons. The average Bonchev–Trinajstić information content (AvgIpc) is 3.35. The molecule has 3 aliphatic carbocycles. The molecule has 0 aromatic heterocycles. The van der Waals surface area contributed by atoms with Crippen molar-refractivity contribution >= 4 is 41.7 Å². The molecule has 2 heterocycles. The number of hydrogen-bond acceptors (Lipinski definition) is 16. The molecule has 5 aliphatic rings. The third-order valence-corrected chi connectivity index (χ3v) is 13.2. The molecule has 17 heteroatoms. The van der Waals surface area contributed by atoms with Crippen molar-refractivity contribution in [2.75, 3.05) is 6.61 Å². The summed E-state index contributed by atoms with van der Waals surface area (Å²) in [4.78, 5) is 96.0. The van der Waals surface area contributed by atoms with Crippen LogP contribution < -0.4 is 5.32 Å². The zero-order chi connectivity index (χ0) is 44.7. The molecule has 1 aromatic rings. The monoisotopic (exact) mass is 841 g/mol. The number of amides is 1. The molecule has 1 unspecified atom stereocenters. The van der Waals surface area contributed by atoms with Gasteiger partial charge in [-0.1, -0.05) is 32.0 Å². The fourth-order valence-corrected chi connectivity index (χ4v) is 9.94. The number of aliphatic hydroxyl groups is 2. The number of aliphatic hydroxyl groups excluding tert-OH is 1. The summed E-state index contributed by atoms with van der Waals surface area (Å²) in [6.45, 7) is 15.7. The van der Waals surface area contributed by atoms with E-state index in [1.165, 1.54) is 39.8 Å². The van der Waals surface area contributed by atoms with Gasteiger partial charge in [0.15, 0.2) is 17.5 Å². The Bertz CT molecular complexity index is 2020. The summed E-state index contributed by atoms with van der Waals surface area (Å²) in [5.41, 5.74) is -10.1. The number of ether oxygens (including phenoxy) is 7. The van der Waals surface area contributed by atoms with Crippen molar-refractivity contribution in [2.24, 2.45) is 22.2 Å². The van der Waals surface area contributed by atoms with Gasteiger partial charge in [0.2, 0.25) is 6.10 Å². The molecule has 17 nitrogen and oxygen atoms in total. The number of cyclic esters (lactones) is 1. The summed E-state index contributed by atoms with van der Waals surface area (Å²) in [7, 11) is 0. The molecule has 11 atom stereocenters. The van der Waals surface area contributed by atoms with E-state index in [0.29, 0.717) is 0 Å². The van der Waals surface area contributed by atoms with Crippen molar-refractivity contribution < 1.29 is 76.9 Å². The van der Waals surface area contributed by atoms with Crippen LogP contribution in [0, 0.1) is 22.2 Å². The van der Waals surface area contributed by atoms with Gasteiger partial charge in [0.05, 0.1) is 41.1 Å². The highest BCUT2D eigenvalue weighted by Crippen LogP contribution is 2.64. The van der Waals surface area contributed by atoms with E-state index in [1.54, 1.807) is 52.8 Å². The zero-order valence-electron chi connectivity index (χ0n) is 35.7. The Morgan fingerprint density at radius 1 is 0.917 bits per heavy atom. The molecule has 0 radical (unpaired) electrons. The molecule has 2 aliphatic heterocycles. The Hall–Kier alpha value is -4.87. The van der Waals surface area contributed by atoms with Crippen LogP contribution in [0.25, 0.3) is 0 Å². The smallest absolute Gasteiger partial charge is 0.408 e. The lowest BCUT2D eigenvalue weighted by atomic mass is 9.44. The van der Waals surface area contributed by atoms with E-state index in [1.807, 2.05) is 0 Å². The SMILES string of the molecule is CC(=O)O[C@H]1C(=O)[C@@]2(C)[C@H]([C@H](OC(=O)c3ccccc3)[C@]3(O)C[C@H](OC(=O)C4OC(=O)C(C)(C)[C@H]4NC(=O)OC(C)(C)C)C(C)=C1C3(C)C)[C@]1(OC(C)=O)CO[C@@H]1C[C@@H]2O. The number of carbonyl (C=O) groups is 7. The van der Waals surface area contributed by atoms with E-state index in [4.69, 9.17) is 33.2 Å². The molecule has 2 saturated carbocycles. The maximum Gasteiger partial charge on any atom is 0.408 e. The number of fused-ring (bicyclic) bond motifs is 5. The van der Waals surface area contributed by atoms with Crippen LogP contribution in [-0.4, -0.2) is 118 Å². The number of benzene rings is 1. The molecule has 1 aromatic carbocycles. The first-order valence-corrected chi connectivity index (χ1v) is 19.9. The summed E-state index contributed by atoms with van der Waals surface area (Å²) in [6.07, 6.45) is -11.2. The number of alkyl carbamates (subject to hydrolysis) is 1. The maximum atomic E-state index is 15.4. The van der Waals surface area contributed by atoms with Gasteiger partial charge >= 0.3 is 35.9 Å². The maximum absolute atomic E-state index is 15.4. The van der Waals surface area contributed by atoms with Gasteiger partial charge in [-0.25, -0.2) is 14.4 Å². The lowest BCUT2D eigenvalue weighted by Crippen LogP contribution is -2.82. The van der Waals surface area contributed by atoms with Crippen molar-refractivity contribution in [3.63, 3.8) is 0 Å². The van der Waals surface area contributed by atoms with Gasteiger partial charge in [0.1, 0.15) is 29.5 Å². The van der Waals surface area contributed by atoms with Crippen molar-refractivity contribution in [1.82, 2.24) is 5.32 Å². The highest BCUT2D eigenvalue weighted by Gasteiger charge is 2.78. The molecular formula is C43H55NO16. The van der Waals surface area contributed by atoms with Crippen molar-refractivity contribution in [1.29, 1.82) is 0 Å². The van der Waals surface area contributed by atoms with E-state index < -0.39 is 130 Å². The van der Waals surface area contributed by atoms with E-state index in [2.05, 4.69) is 5.32 Å². The highest BCUT2D eigenvalue weighted by molar-refractivity contribution is 5.96. The Balaban J connectivity index is 1.55. The van der Waals surface area contributed by atoms with Gasteiger partial charge < -0.3 is 48.7 Å². The number of Topliss-reactive ketones (excluding diaryl/α,β-unsaturated/α-hetero) is 1. The first-order valence-electron chi connectivity index (χ1n) is 19.9. The second kappa shape index (κ2) is 14.9. The molecule has 4 fully saturated rings. The van der Waals surface area contributed by atoms with Gasteiger partial charge in [0.25, 0.3) is 0 Å². The molecule has 0 spiro atoms. The number of ketones is 1. The highest BCUT2D eigenvalue weighted by atomic mass is 16.6. The molecule has 2 bridgehead atoms. The van der Waals surface area contributed by atoms with Crippen molar-refractivity contribution in [3.8, 4) is 0 Å². The Morgan fingerprint density at radius 2 is 1.55 bits per heavy atom. The number of esters is 5. The summed E-state index contributed by atoms with van der Waals surface area (Å²) in [5, 5.41) is 28.2. The fourth-order valence-electron chi connectivity index (χ4n) is 9.94. The lowest BCUT2D eigenvalue weighted by molar-refractivity contribution is -0.346. The Morgan fingerprint density at radius 3 is 2.10 bits per heavy atom. The first kappa shape index (κ1) is 44.7. The van der Waals surface area contributed by atoms with Crippen molar-refractivity contribution in [2.45, 2.75) is 148 Å². The number of nitrogens with one attached hydrogen (secondary N) is 1. The minimum Gasteiger partial charge on any atom is -0.455 e. The van der Waals surface area contributed by atoms with Gasteiger partial charge in [0, 0.05) is 32.1 Å². The summed E-state index contributed by atoms with van der Waals surface area (Å²) < 4.78 is 41.1. The average molecular weight is 842 g/mol. The third-order valence-electron chi connectivity index (χ3n) is 13.2. The van der Waals surface area contributed by atoms with Gasteiger partial charge in [-0.3, -0.25) is 19.2 Å². The summed E-state index contributed by atoms with van der Waals surface area (Å²) >= 11 is 0. The van der Waals surface area contributed by atoms with Crippen LogP contribution in [-0.2, 0) is 57.1 Å². The number of carbonyl (C=O) groups excluding carboxylic acids is 7. The van der Waals surface area contributed by atoms with Gasteiger partial charge in [-0.2, -0.15) is 0 Å². The topological polar surface area (TPSA) is 237 Å². The quantitative estimate of drug-likeness (QED) is 0.203. The minimum atomic E-state index is -2.40. The van der Waals surface area contributed by atoms with E-state index in [0.717, 1.165) is 13.8 Å². The largest absolute Gasteiger partial charge is 0.455 e. The molecule has 2 saturated heterocycles. The second-order valence-electron chi connectivity index (χ2n) is 18.9. The lowest BCUT2D eigenvalue weighted by Gasteiger charge is -2.67. The fraction of sp³-hybridized carbons (Fsp3) is 0.651. The second-order valence-corrected chi connectivity index (χ2v) is 18.9. The van der Waals surface area contributed by atoms with Crippen LogP contribution in [0.5, 0.6) is 0 Å². The van der Waals surface area contributed by atoms with Crippen LogP contribution in [0.4, 0.5) is 4.79 Å². The van der Waals surface area contributed by atoms with Crippen LogP contribution in [0.2, 0.25) is 0 Å². The van der Waals surface area contributed by atoms with Gasteiger partial charge in [-0.15, -0.1) is 0 Å². The predicted molar refractivity (Wildman–Crippen MR) is 205 cm³/mol. The van der Waals surface area contributed by atoms with Crippen LogP contribution in [0.15, 0.2) is 41.5 Å². The van der Waals surface area contributed by atoms with E-state index in [9.17, 15) is 39.0 Å². The normalized spacial score (nSPS) is 36.4.